The Labute approximate surface area is 80.3 Å². The summed E-state index contributed by atoms with van der Waals surface area (Å²) in [5, 5.41) is 27.3. The maximum Gasteiger partial charge on any atom is 0.291 e. The third-order valence-corrected chi connectivity index (χ3v) is 0. The van der Waals surface area contributed by atoms with E-state index in [1.165, 1.54) is 0 Å². The van der Waals surface area contributed by atoms with E-state index in [0.29, 0.717) is 0 Å². The molecule has 0 bridgehead atoms. The predicted molar refractivity (Wildman–Crippen MR) is 47.0 cm³/mol. The molecule has 0 radical (unpaired) electrons. The van der Waals surface area contributed by atoms with E-state index in [1.54, 1.807) is 0 Å². The summed E-state index contributed by atoms with van der Waals surface area (Å²) in [5.41, 5.74) is 9.69. The molecule has 0 saturated carbocycles. The number of rotatable bonds is 0. The SMILES string of the molecule is CCN.CCN.O=[N+]([O-])O.O=[N+]([O-])O. The van der Waals surface area contributed by atoms with Gasteiger partial charge in [0.1, 0.15) is 0 Å². The highest BCUT2D eigenvalue weighted by Crippen LogP contribution is 1.38. The number of hydrogen-bond acceptors (Lipinski definition) is 6. The molecule has 0 aromatic heterocycles. The summed E-state index contributed by atoms with van der Waals surface area (Å²) in [6, 6.07) is 0. The molecular weight excluding hydrogens is 200 g/mol. The molecule has 10 nitrogen and oxygen atoms in total. The summed E-state index contributed by atoms with van der Waals surface area (Å²) >= 11 is 0. The fourth-order valence-electron chi connectivity index (χ4n) is 0. The van der Waals surface area contributed by atoms with Crippen LogP contribution in [0.2, 0.25) is 0 Å². The number of nitrogens with two attached hydrogens (primary N) is 2. The Kier molecular flexibility index (Phi) is 49.2. The molecule has 0 aliphatic carbocycles. The third-order valence-electron chi connectivity index (χ3n) is 0. The van der Waals surface area contributed by atoms with Gasteiger partial charge in [0.25, 0.3) is 10.2 Å². The minimum atomic E-state index is -1.50. The van der Waals surface area contributed by atoms with Gasteiger partial charge in [0.2, 0.25) is 0 Å². The molecule has 0 amide bonds. The lowest BCUT2D eigenvalue weighted by Gasteiger charge is -1.56. The Hall–Kier alpha value is -1.68. The van der Waals surface area contributed by atoms with E-state index in [-0.39, 0.29) is 0 Å². The lowest BCUT2D eigenvalue weighted by atomic mass is 10.8. The summed E-state index contributed by atoms with van der Waals surface area (Å²) in [6.07, 6.45) is 0. The molecule has 0 saturated heterocycles. The summed E-state index contributed by atoms with van der Waals surface area (Å²) in [4.78, 5) is 16.7. The molecule has 88 valence electrons. The van der Waals surface area contributed by atoms with Crippen LogP contribution in [0.5, 0.6) is 0 Å². The van der Waals surface area contributed by atoms with Gasteiger partial charge in [-0.05, 0) is 13.1 Å². The van der Waals surface area contributed by atoms with Gasteiger partial charge in [-0.1, -0.05) is 13.8 Å². The second-order valence-electron chi connectivity index (χ2n) is 1.29. The maximum atomic E-state index is 8.36. The average molecular weight is 216 g/mol. The van der Waals surface area contributed by atoms with E-state index in [1.807, 2.05) is 13.8 Å². The molecule has 6 N–H and O–H groups in total. The molecule has 0 aromatic carbocycles. The first-order valence-corrected chi connectivity index (χ1v) is 3.36. The molecule has 0 heterocycles. The van der Waals surface area contributed by atoms with E-state index in [0.717, 1.165) is 13.1 Å². The smallest absolute Gasteiger partial charge is 0.291 e. The van der Waals surface area contributed by atoms with Crippen LogP contribution in [0.3, 0.4) is 0 Å². The zero-order valence-electron chi connectivity index (χ0n) is 7.99. The van der Waals surface area contributed by atoms with E-state index in [9.17, 15) is 0 Å². The highest BCUT2D eigenvalue weighted by atomic mass is 16.9. The van der Waals surface area contributed by atoms with E-state index >= 15 is 0 Å². The van der Waals surface area contributed by atoms with Gasteiger partial charge in [0.15, 0.2) is 0 Å². The van der Waals surface area contributed by atoms with Crippen molar-refractivity contribution in [1.82, 2.24) is 0 Å². The quantitative estimate of drug-likeness (QED) is 0.301. The van der Waals surface area contributed by atoms with Crippen LogP contribution in [-0.4, -0.2) is 33.7 Å². The minimum Gasteiger partial charge on any atom is -0.331 e. The summed E-state index contributed by atoms with van der Waals surface area (Å²) < 4.78 is 0. The van der Waals surface area contributed by atoms with Crippen LogP contribution < -0.4 is 11.5 Å². The first kappa shape index (κ1) is 22.8. The maximum absolute atomic E-state index is 8.36. The van der Waals surface area contributed by atoms with Gasteiger partial charge in [-0.2, -0.15) is 0 Å². The largest absolute Gasteiger partial charge is 0.331 e. The standard InChI is InChI=1S/2C2H7N.2HNO3/c2*1-2-3;2*2-1(3)4/h2*2-3H2,1H3;2*(H,2,3,4). The Bertz CT molecular complexity index is 98.4. The molecule has 0 fully saturated rings. The first-order valence-electron chi connectivity index (χ1n) is 3.36. The third kappa shape index (κ3) is 318. The van der Waals surface area contributed by atoms with Gasteiger partial charge in [0, 0.05) is 0 Å². The second kappa shape index (κ2) is 30.2. The van der Waals surface area contributed by atoms with Gasteiger partial charge in [-0.15, -0.1) is 20.2 Å². The van der Waals surface area contributed by atoms with E-state index < -0.39 is 10.2 Å². The molecule has 14 heavy (non-hydrogen) atoms. The van der Waals surface area contributed by atoms with Crippen molar-refractivity contribution < 1.29 is 20.6 Å². The molecule has 0 atom stereocenters. The van der Waals surface area contributed by atoms with Gasteiger partial charge < -0.3 is 21.9 Å². The zero-order chi connectivity index (χ0) is 12.6. The molecule has 0 rings (SSSR count). The van der Waals surface area contributed by atoms with Crippen LogP contribution >= 0.6 is 0 Å². The van der Waals surface area contributed by atoms with Crippen molar-refractivity contribution in [3.8, 4) is 0 Å². The van der Waals surface area contributed by atoms with Gasteiger partial charge in [0.05, 0.1) is 0 Å². The van der Waals surface area contributed by atoms with Crippen molar-refractivity contribution in [3.05, 3.63) is 20.2 Å². The summed E-state index contributed by atoms with van der Waals surface area (Å²) in [6.45, 7) is 5.31. The molecule has 0 aliphatic rings. The van der Waals surface area contributed by atoms with E-state index in [4.69, 9.17) is 42.1 Å². The fraction of sp³-hybridized carbons (Fsp3) is 1.00. The Morgan fingerprint density at radius 3 is 1.00 bits per heavy atom. The average Bonchev–Trinajstić information content (AvgIpc) is 1.85. The Balaban J connectivity index is -0.0000000482. The van der Waals surface area contributed by atoms with E-state index in [2.05, 4.69) is 0 Å². The highest BCUT2D eigenvalue weighted by Gasteiger charge is 1.65. The molecular formula is C4H16N4O6. The fourth-order valence-corrected chi connectivity index (χ4v) is 0. The van der Waals surface area contributed by atoms with Crippen molar-refractivity contribution in [2.24, 2.45) is 11.5 Å². The van der Waals surface area contributed by atoms with Gasteiger partial charge in [-0.25, -0.2) is 0 Å². The topological polar surface area (TPSA) is 179 Å². The lowest BCUT2D eigenvalue weighted by Crippen LogP contribution is -1.87. The zero-order valence-corrected chi connectivity index (χ0v) is 7.99. The van der Waals surface area contributed by atoms with Crippen LogP contribution in [0.4, 0.5) is 0 Å². The van der Waals surface area contributed by atoms with Gasteiger partial charge >= 0.3 is 0 Å². The summed E-state index contributed by atoms with van der Waals surface area (Å²) in [5.74, 6) is 0. The second-order valence-corrected chi connectivity index (χ2v) is 1.29. The van der Waals surface area contributed by atoms with Crippen molar-refractivity contribution in [2.75, 3.05) is 13.1 Å². The highest BCUT2D eigenvalue weighted by molar-refractivity contribution is 4.00. The molecule has 0 unspecified atom stereocenters. The van der Waals surface area contributed by atoms with Crippen LogP contribution in [0.1, 0.15) is 13.8 Å². The Morgan fingerprint density at radius 1 is 1.00 bits per heavy atom. The summed E-state index contributed by atoms with van der Waals surface area (Å²) in [7, 11) is 0. The number of hydrogen-bond donors (Lipinski definition) is 4. The van der Waals surface area contributed by atoms with Crippen LogP contribution in [0, 0.1) is 20.2 Å². The normalized spacial score (nSPS) is 6.00. The minimum absolute atomic E-state index is 0.750. The molecule has 0 aromatic rings. The first-order chi connectivity index (χ1) is 6.29. The van der Waals surface area contributed by atoms with Crippen molar-refractivity contribution >= 4 is 0 Å². The van der Waals surface area contributed by atoms with Crippen LogP contribution in [0.15, 0.2) is 0 Å². The van der Waals surface area contributed by atoms with Crippen molar-refractivity contribution in [3.63, 3.8) is 0 Å². The molecule has 10 heteroatoms. The van der Waals surface area contributed by atoms with Crippen molar-refractivity contribution in [1.29, 1.82) is 0 Å². The molecule has 0 spiro atoms. The molecule has 0 aliphatic heterocycles. The van der Waals surface area contributed by atoms with Crippen molar-refractivity contribution in [2.45, 2.75) is 13.8 Å². The number of nitrogens with zero attached hydrogens (tertiary/aromatic N) is 2. The predicted octanol–water partition coefficient (Wildman–Crippen LogP) is -0.765. The monoisotopic (exact) mass is 216 g/mol. The van der Waals surface area contributed by atoms with Crippen LogP contribution in [-0.2, 0) is 0 Å². The lowest BCUT2D eigenvalue weighted by molar-refractivity contribution is -0.742. The van der Waals surface area contributed by atoms with Gasteiger partial charge in [-0.3, -0.25) is 0 Å². The van der Waals surface area contributed by atoms with Crippen LogP contribution in [0.25, 0.3) is 0 Å². The Morgan fingerprint density at radius 2 is 1.00 bits per heavy atom.